The second-order valence-electron chi connectivity index (χ2n) is 7.60. The van der Waals surface area contributed by atoms with E-state index in [2.05, 4.69) is 0 Å². The number of fused-ring (bicyclic) bond motifs is 2. The van der Waals surface area contributed by atoms with Crippen LogP contribution in [0.25, 0.3) is 11.1 Å². The highest BCUT2D eigenvalue weighted by Gasteiger charge is 2.34. The number of carboxylic acid groups (broad SMARTS) is 1. The predicted molar refractivity (Wildman–Crippen MR) is 122 cm³/mol. The highest BCUT2D eigenvalue weighted by molar-refractivity contribution is 6.03. The van der Waals surface area contributed by atoms with Crippen molar-refractivity contribution in [3.05, 3.63) is 52.1 Å². The number of ether oxygens (including phenoxy) is 4. The van der Waals surface area contributed by atoms with Gasteiger partial charge in [0.25, 0.3) is 0 Å². The highest BCUT2D eigenvalue weighted by Crippen LogP contribution is 2.50. The number of esters is 1. The Labute approximate surface area is 191 Å². The molecule has 1 aliphatic heterocycles. The Morgan fingerprint density at radius 2 is 1.76 bits per heavy atom. The van der Waals surface area contributed by atoms with E-state index in [1.165, 1.54) is 27.2 Å². The predicted octanol–water partition coefficient (Wildman–Crippen LogP) is 5.09. The van der Waals surface area contributed by atoms with Crippen molar-refractivity contribution in [1.29, 1.82) is 0 Å². The van der Waals surface area contributed by atoms with E-state index in [4.69, 9.17) is 18.9 Å². The summed E-state index contributed by atoms with van der Waals surface area (Å²) in [6.07, 6.45) is 2.82. The number of allylic oxidation sites excluding steroid dienone is 3. The Morgan fingerprint density at radius 3 is 2.33 bits per heavy atom. The van der Waals surface area contributed by atoms with Crippen molar-refractivity contribution in [2.24, 2.45) is 0 Å². The quantitative estimate of drug-likeness (QED) is 0.353. The van der Waals surface area contributed by atoms with E-state index < -0.39 is 11.9 Å². The molecule has 0 aromatic heterocycles. The van der Waals surface area contributed by atoms with Crippen molar-refractivity contribution in [3.63, 3.8) is 0 Å². The number of rotatable bonds is 6. The minimum absolute atomic E-state index is 0.00602. The molecule has 8 heteroatoms. The van der Waals surface area contributed by atoms with Crippen LogP contribution >= 0.6 is 0 Å². The van der Waals surface area contributed by atoms with Gasteiger partial charge in [0, 0.05) is 24.3 Å². The molecule has 0 saturated heterocycles. The van der Waals surface area contributed by atoms with Gasteiger partial charge in [0.1, 0.15) is 17.1 Å². The molecule has 1 aliphatic rings. The Hall–Kier alpha value is -3.78. The molecule has 0 unspecified atom stereocenters. The van der Waals surface area contributed by atoms with Crippen molar-refractivity contribution in [1.82, 2.24) is 0 Å². The maximum absolute atomic E-state index is 13.4. The summed E-state index contributed by atoms with van der Waals surface area (Å²) in [4.78, 5) is 24.7. The molecule has 0 spiro atoms. The smallest absolute Gasteiger partial charge is 0.348 e. The first-order valence-electron chi connectivity index (χ1n) is 10.2. The van der Waals surface area contributed by atoms with Crippen LogP contribution in [0, 0.1) is 6.92 Å². The Morgan fingerprint density at radius 1 is 1.06 bits per heavy atom. The lowest BCUT2D eigenvalue weighted by atomic mass is 9.95. The molecular weight excluding hydrogens is 428 g/mol. The first-order valence-corrected chi connectivity index (χ1v) is 10.2. The third-order valence-corrected chi connectivity index (χ3v) is 5.53. The molecule has 33 heavy (non-hydrogen) atoms. The zero-order valence-electron chi connectivity index (χ0n) is 19.4. The molecule has 3 rings (SSSR count). The van der Waals surface area contributed by atoms with E-state index in [9.17, 15) is 19.8 Å². The van der Waals surface area contributed by atoms with Crippen molar-refractivity contribution in [2.75, 3.05) is 14.2 Å². The highest BCUT2D eigenvalue weighted by atomic mass is 16.6. The molecule has 2 N–H and O–H groups in total. The Bertz CT molecular complexity index is 1200. The fourth-order valence-corrected chi connectivity index (χ4v) is 3.70. The number of benzene rings is 2. The van der Waals surface area contributed by atoms with E-state index in [0.717, 1.165) is 11.6 Å². The fourth-order valence-electron chi connectivity index (χ4n) is 3.70. The summed E-state index contributed by atoms with van der Waals surface area (Å²) in [5, 5.41) is 19.9. The van der Waals surface area contributed by atoms with Crippen LogP contribution in [0.5, 0.6) is 28.7 Å². The van der Waals surface area contributed by atoms with Crippen LogP contribution in [0.2, 0.25) is 0 Å². The van der Waals surface area contributed by atoms with Gasteiger partial charge in [0.05, 0.1) is 19.3 Å². The van der Waals surface area contributed by atoms with E-state index in [1.54, 1.807) is 13.0 Å². The first-order chi connectivity index (χ1) is 15.6. The average Bonchev–Trinajstić information content (AvgIpc) is 2.92. The summed E-state index contributed by atoms with van der Waals surface area (Å²) in [5.74, 6) is -1.13. The number of phenolic OH excluding ortho intramolecular Hbond substituents is 1. The zero-order chi connectivity index (χ0) is 24.4. The molecule has 8 nitrogen and oxygen atoms in total. The minimum atomic E-state index is -1.19. The normalized spacial score (nSPS) is 13.5. The summed E-state index contributed by atoms with van der Waals surface area (Å²) < 4.78 is 22.8. The van der Waals surface area contributed by atoms with Crippen LogP contribution in [-0.2, 0) is 16.1 Å². The molecule has 0 saturated carbocycles. The SMILES string of the molecule is C/C=C(\C)c1cc(OC)c(C)c2c1Oc1c(COC)c(O)cc(/C(C)=C/C(=O)O)c1C(=O)O2. The number of aromatic hydroxyl groups is 1. The molecule has 0 atom stereocenters. The molecular formula is C25H26O8. The average molecular weight is 454 g/mol. The number of methoxy groups -OCH3 is 2. The van der Waals surface area contributed by atoms with Gasteiger partial charge in [0.15, 0.2) is 17.2 Å². The van der Waals surface area contributed by atoms with Gasteiger partial charge in [-0.15, -0.1) is 0 Å². The summed E-state index contributed by atoms with van der Waals surface area (Å²) >= 11 is 0. The molecule has 0 fully saturated rings. The first kappa shape index (κ1) is 23.9. The van der Waals surface area contributed by atoms with Crippen LogP contribution in [0.15, 0.2) is 24.3 Å². The van der Waals surface area contributed by atoms with Crippen LogP contribution in [0.3, 0.4) is 0 Å². The molecule has 2 aromatic carbocycles. The van der Waals surface area contributed by atoms with Crippen LogP contribution in [-0.4, -0.2) is 36.4 Å². The number of carbonyl (C=O) groups excluding carboxylic acids is 1. The lowest BCUT2D eigenvalue weighted by Crippen LogP contribution is -2.12. The monoisotopic (exact) mass is 454 g/mol. The maximum atomic E-state index is 13.4. The molecule has 174 valence electrons. The molecule has 1 heterocycles. The summed E-state index contributed by atoms with van der Waals surface area (Å²) in [5.41, 5.74) is 2.69. The summed E-state index contributed by atoms with van der Waals surface area (Å²) in [7, 11) is 2.97. The second kappa shape index (κ2) is 9.38. The van der Waals surface area contributed by atoms with E-state index in [1.807, 2.05) is 19.9 Å². The molecule has 0 aliphatic carbocycles. The second-order valence-corrected chi connectivity index (χ2v) is 7.60. The summed E-state index contributed by atoms with van der Waals surface area (Å²) in [6.45, 7) is 6.96. The van der Waals surface area contributed by atoms with E-state index in [-0.39, 0.29) is 51.9 Å². The lowest BCUT2D eigenvalue weighted by Gasteiger charge is -2.19. The van der Waals surface area contributed by atoms with E-state index >= 15 is 0 Å². The Kier molecular flexibility index (Phi) is 6.78. The van der Waals surface area contributed by atoms with Crippen molar-refractivity contribution < 1.29 is 38.7 Å². The fraction of sp³-hybridized carbons (Fsp3) is 0.280. The molecule has 2 aromatic rings. The third kappa shape index (κ3) is 4.29. The van der Waals surface area contributed by atoms with Crippen molar-refractivity contribution >= 4 is 23.1 Å². The van der Waals surface area contributed by atoms with Crippen molar-refractivity contribution in [2.45, 2.75) is 34.3 Å². The minimum Gasteiger partial charge on any atom is -0.507 e. The Balaban J connectivity index is 2.43. The van der Waals surface area contributed by atoms with Crippen LogP contribution in [0.4, 0.5) is 0 Å². The molecule has 0 bridgehead atoms. The van der Waals surface area contributed by atoms with Gasteiger partial charge in [-0.3, -0.25) is 0 Å². The summed E-state index contributed by atoms with van der Waals surface area (Å²) in [6, 6.07) is 3.10. The molecule has 0 amide bonds. The maximum Gasteiger partial charge on any atom is 0.348 e. The van der Waals surface area contributed by atoms with Crippen molar-refractivity contribution in [3.8, 4) is 28.7 Å². The van der Waals surface area contributed by atoms with Crippen LogP contribution < -0.4 is 14.2 Å². The van der Waals surface area contributed by atoms with Gasteiger partial charge in [-0.2, -0.15) is 0 Å². The number of carbonyl (C=O) groups is 2. The molecule has 0 radical (unpaired) electrons. The zero-order valence-corrected chi connectivity index (χ0v) is 19.4. The topological polar surface area (TPSA) is 112 Å². The number of aliphatic carboxylic acids is 1. The van der Waals surface area contributed by atoms with Crippen LogP contribution in [0.1, 0.15) is 53.4 Å². The van der Waals surface area contributed by atoms with Gasteiger partial charge in [-0.05, 0) is 56.5 Å². The van der Waals surface area contributed by atoms with Gasteiger partial charge >= 0.3 is 11.9 Å². The van der Waals surface area contributed by atoms with Gasteiger partial charge in [0.2, 0.25) is 0 Å². The third-order valence-electron chi connectivity index (χ3n) is 5.53. The largest absolute Gasteiger partial charge is 0.507 e. The van der Waals surface area contributed by atoms with Gasteiger partial charge in [-0.25, -0.2) is 9.59 Å². The number of carboxylic acids is 1. The standard InChI is InChI=1S/C25H26O8/c1-7-12(2)16-10-19(31-6)14(4)22-24(16)32-23-17(11-30-5)18(26)9-15(13(3)8-20(27)28)21(23)25(29)33-22/h7-10,26H,11H2,1-6H3,(H,27,28)/b12-7+,13-8+. The number of hydrogen-bond acceptors (Lipinski definition) is 7. The number of phenols is 1. The lowest BCUT2D eigenvalue weighted by molar-refractivity contribution is -0.131. The van der Waals surface area contributed by atoms with Gasteiger partial charge in [-0.1, -0.05) is 6.08 Å². The van der Waals surface area contributed by atoms with Gasteiger partial charge < -0.3 is 29.2 Å². The van der Waals surface area contributed by atoms with E-state index in [0.29, 0.717) is 16.9 Å². The number of hydrogen-bond donors (Lipinski definition) is 2.